The Kier molecular flexibility index (Phi) is 7.60. The van der Waals surface area contributed by atoms with Gasteiger partial charge in [-0.3, -0.25) is 9.89 Å². The Morgan fingerprint density at radius 2 is 1.81 bits per heavy atom. The molecule has 0 bridgehead atoms. The van der Waals surface area contributed by atoms with Gasteiger partial charge >= 0.3 is 0 Å². The van der Waals surface area contributed by atoms with Crippen molar-refractivity contribution in [2.75, 3.05) is 14.1 Å². The molecular weight excluding hydrogens is 342 g/mol. The van der Waals surface area contributed by atoms with E-state index in [-0.39, 0.29) is 0 Å². The van der Waals surface area contributed by atoms with Gasteiger partial charge in [0.2, 0.25) is 0 Å². The smallest absolute Gasteiger partial charge is 0.191 e. The largest absolute Gasteiger partial charge is 0.352 e. The minimum absolute atomic E-state index is 0.525. The number of aromatic nitrogens is 1. The van der Waals surface area contributed by atoms with Gasteiger partial charge in [-0.05, 0) is 45.9 Å². The van der Waals surface area contributed by atoms with Gasteiger partial charge in [0.05, 0.1) is 17.2 Å². The van der Waals surface area contributed by atoms with Crippen LogP contribution in [0.1, 0.15) is 40.6 Å². The van der Waals surface area contributed by atoms with Crippen LogP contribution in [-0.2, 0) is 19.6 Å². The second-order valence-electron chi connectivity index (χ2n) is 6.80. The molecule has 2 aromatic rings. The van der Waals surface area contributed by atoms with Gasteiger partial charge in [-0.15, -0.1) is 11.3 Å². The minimum atomic E-state index is 0.525. The summed E-state index contributed by atoms with van der Waals surface area (Å²) in [6.07, 6.45) is 0. The van der Waals surface area contributed by atoms with Gasteiger partial charge in [0.15, 0.2) is 5.96 Å². The number of nitrogens with zero attached hydrogens (tertiary/aromatic N) is 3. The van der Waals surface area contributed by atoms with Crippen molar-refractivity contribution in [3.63, 3.8) is 0 Å². The molecule has 5 nitrogen and oxygen atoms in total. The Bertz CT molecular complexity index is 736. The number of rotatable bonds is 7. The molecule has 0 aliphatic rings. The number of nitrogens with one attached hydrogen (secondary N) is 2. The summed E-state index contributed by atoms with van der Waals surface area (Å²) in [4.78, 5) is 12.4. The first-order chi connectivity index (χ1) is 12.4. The van der Waals surface area contributed by atoms with Crippen molar-refractivity contribution in [3.05, 3.63) is 51.0 Å². The lowest BCUT2D eigenvalue weighted by Gasteiger charge is -2.23. The maximum absolute atomic E-state index is 4.48. The molecule has 0 atom stereocenters. The second-order valence-corrected chi connectivity index (χ2v) is 8.09. The molecule has 0 aliphatic carbocycles. The average Bonchev–Trinajstić information content (AvgIpc) is 2.93. The van der Waals surface area contributed by atoms with Crippen LogP contribution in [0.4, 0.5) is 0 Å². The van der Waals surface area contributed by atoms with E-state index in [1.807, 2.05) is 6.92 Å². The standard InChI is InChI=1S/C20H31N5S/c1-14(2)25(6)13-18-10-8-7-9-17(18)11-22-20(21-5)23-12-19-15(3)24-16(4)26-19/h7-10,14H,11-13H2,1-6H3,(H2,21,22,23). The van der Waals surface area contributed by atoms with Crippen LogP contribution in [0.25, 0.3) is 0 Å². The number of benzene rings is 1. The Morgan fingerprint density at radius 1 is 1.15 bits per heavy atom. The maximum Gasteiger partial charge on any atom is 0.191 e. The third-order valence-electron chi connectivity index (χ3n) is 4.51. The van der Waals surface area contributed by atoms with E-state index in [1.165, 1.54) is 16.0 Å². The predicted molar refractivity (Wildman–Crippen MR) is 112 cm³/mol. The van der Waals surface area contributed by atoms with E-state index in [2.05, 4.69) is 77.6 Å². The van der Waals surface area contributed by atoms with Gasteiger partial charge in [-0.25, -0.2) is 4.98 Å². The fraction of sp³-hybridized carbons (Fsp3) is 0.500. The molecular formula is C20H31N5S. The summed E-state index contributed by atoms with van der Waals surface area (Å²) in [5.74, 6) is 0.808. The van der Waals surface area contributed by atoms with Crippen LogP contribution in [0.15, 0.2) is 29.3 Å². The van der Waals surface area contributed by atoms with Crippen LogP contribution < -0.4 is 10.6 Å². The Hall–Kier alpha value is -1.92. The van der Waals surface area contributed by atoms with E-state index in [1.54, 1.807) is 18.4 Å². The first-order valence-corrected chi connectivity index (χ1v) is 9.86. The SMILES string of the molecule is CN=C(NCc1ccccc1CN(C)C(C)C)NCc1sc(C)nc1C. The molecule has 0 spiro atoms. The maximum atomic E-state index is 4.48. The van der Waals surface area contributed by atoms with Crippen LogP contribution in [0.2, 0.25) is 0 Å². The summed E-state index contributed by atoms with van der Waals surface area (Å²) in [6.45, 7) is 11.0. The molecule has 0 saturated carbocycles. The third-order valence-corrected chi connectivity index (χ3v) is 5.58. The molecule has 2 rings (SSSR count). The van der Waals surface area contributed by atoms with E-state index >= 15 is 0 Å². The lowest BCUT2D eigenvalue weighted by atomic mass is 10.1. The number of aliphatic imine (C=N–C) groups is 1. The van der Waals surface area contributed by atoms with E-state index in [4.69, 9.17) is 0 Å². The monoisotopic (exact) mass is 373 g/mol. The number of thiazole rings is 1. The summed E-state index contributed by atoms with van der Waals surface area (Å²) in [6, 6.07) is 9.11. The van der Waals surface area contributed by atoms with Crippen molar-refractivity contribution in [2.45, 2.75) is 53.4 Å². The van der Waals surface area contributed by atoms with Gasteiger partial charge in [0.25, 0.3) is 0 Å². The zero-order chi connectivity index (χ0) is 19.1. The summed E-state index contributed by atoms with van der Waals surface area (Å²) in [7, 11) is 3.97. The molecule has 1 aromatic heterocycles. The van der Waals surface area contributed by atoms with Gasteiger partial charge in [0, 0.05) is 31.1 Å². The molecule has 26 heavy (non-hydrogen) atoms. The summed E-state index contributed by atoms with van der Waals surface area (Å²) in [5.41, 5.74) is 3.74. The zero-order valence-corrected chi connectivity index (χ0v) is 17.6. The average molecular weight is 374 g/mol. The van der Waals surface area contributed by atoms with Crippen molar-refractivity contribution < 1.29 is 0 Å². The highest BCUT2D eigenvalue weighted by atomic mass is 32.1. The predicted octanol–water partition coefficient (Wildman–Crippen LogP) is 3.47. The second kappa shape index (κ2) is 9.69. The highest BCUT2D eigenvalue weighted by Crippen LogP contribution is 2.16. The molecule has 1 aromatic carbocycles. The van der Waals surface area contributed by atoms with Crippen molar-refractivity contribution in [3.8, 4) is 0 Å². The normalized spacial score (nSPS) is 12.1. The Labute approximate surface area is 161 Å². The quantitative estimate of drug-likeness (QED) is 0.576. The number of hydrogen-bond acceptors (Lipinski definition) is 4. The Morgan fingerprint density at radius 3 is 2.38 bits per heavy atom. The fourth-order valence-electron chi connectivity index (χ4n) is 2.64. The molecule has 0 fully saturated rings. The van der Waals surface area contributed by atoms with Crippen molar-refractivity contribution in [1.29, 1.82) is 0 Å². The number of aryl methyl sites for hydroxylation is 2. The number of guanidine groups is 1. The first kappa shape index (κ1) is 20.4. The van der Waals surface area contributed by atoms with Gasteiger partial charge in [-0.2, -0.15) is 0 Å². The highest BCUT2D eigenvalue weighted by Gasteiger charge is 2.09. The third kappa shape index (κ3) is 5.81. The molecule has 0 saturated heterocycles. The van der Waals surface area contributed by atoms with Crippen molar-refractivity contribution in [2.24, 2.45) is 4.99 Å². The van der Waals surface area contributed by atoms with Crippen LogP contribution in [-0.4, -0.2) is 36.0 Å². The topological polar surface area (TPSA) is 52.6 Å². The van der Waals surface area contributed by atoms with Crippen LogP contribution in [0.5, 0.6) is 0 Å². The van der Waals surface area contributed by atoms with E-state index in [9.17, 15) is 0 Å². The number of hydrogen-bond donors (Lipinski definition) is 2. The van der Waals surface area contributed by atoms with Crippen molar-refractivity contribution in [1.82, 2.24) is 20.5 Å². The summed E-state index contributed by atoms with van der Waals surface area (Å²) in [5, 5.41) is 7.92. The highest BCUT2D eigenvalue weighted by molar-refractivity contribution is 7.11. The molecule has 1 heterocycles. The summed E-state index contributed by atoms with van der Waals surface area (Å²) < 4.78 is 0. The van der Waals surface area contributed by atoms with E-state index < -0.39 is 0 Å². The van der Waals surface area contributed by atoms with Crippen LogP contribution in [0, 0.1) is 13.8 Å². The van der Waals surface area contributed by atoms with Gasteiger partial charge < -0.3 is 10.6 Å². The zero-order valence-electron chi connectivity index (χ0n) is 16.8. The van der Waals surface area contributed by atoms with Gasteiger partial charge in [0.1, 0.15) is 0 Å². The molecule has 0 unspecified atom stereocenters. The van der Waals surface area contributed by atoms with Crippen LogP contribution >= 0.6 is 11.3 Å². The molecule has 2 N–H and O–H groups in total. The fourth-order valence-corrected chi connectivity index (χ4v) is 3.51. The molecule has 0 radical (unpaired) electrons. The lowest BCUT2D eigenvalue weighted by Crippen LogP contribution is -2.36. The van der Waals surface area contributed by atoms with Crippen LogP contribution in [0.3, 0.4) is 0 Å². The molecule has 0 aliphatic heterocycles. The van der Waals surface area contributed by atoms with E-state index in [0.29, 0.717) is 6.04 Å². The molecule has 6 heteroatoms. The minimum Gasteiger partial charge on any atom is -0.352 e. The first-order valence-electron chi connectivity index (χ1n) is 9.05. The lowest BCUT2D eigenvalue weighted by molar-refractivity contribution is 0.265. The van der Waals surface area contributed by atoms with Crippen molar-refractivity contribution >= 4 is 17.3 Å². The molecule has 142 valence electrons. The van der Waals surface area contributed by atoms with Gasteiger partial charge in [-0.1, -0.05) is 24.3 Å². The Balaban J connectivity index is 1.95. The van der Waals surface area contributed by atoms with E-state index in [0.717, 1.165) is 36.3 Å². The molecule has 0 amide bonds. The summed E-state index contributed by atoms with van der Waals surface area (Å²) >= 11 is 1.73.